The van der Waals surface area contributed by atoms with Gasteiger partial charge in [0.1, 0.15) is 5.75 Å². The number of imide groups is 1. The van der Waals surface area contributed by atoms with E-state index >= 15 is 0 Å². The van der Waals surface area contributed by atoms with Gasteiger partial charge in [-0.25, -0.2) is 4.79 Å². The third-order valence-corrected chi connectivity index (χ3v) is 5.34. The first kappa shape index (κ1) is 20.7. The highest BCUT2D eigenvalue weighted by Crippen LogP contribution is 2.19. The van der Waals surface area contributed by atoms with Crippen molar-refractivity contribution in [2.24, 2.45) is 0 Å². The van der Waals surface area contributed by atoms with E-state index in [-0.39, 0.29) is 12.5 Å². The first-order valence-corrected chi connectivity index (χ1v) is 9.85. The number of nitrogens with zero attached hydrogens (tertiary/aromatic N) is 1. The molecule has 0 unspecified atom stereocenters. The molecule has 3 rings (SSSR count). The van der Waals surface area contributed by atoms with Crippen molar-refractivity contribution in [2.45, 2.75) is 13.8 Å². The first-order valence-electron chi connectivity index (χ1n) is 9.85. The van der Waals surface area contributed by atoms with Crippen LogP contribution in [0.4, 0.5) is 16.2 Å². The summed E-state index contributed by atoms with van der Waals surface area (Å²) in [6, 6.07) is 13.2. The van der Waals surface area contributed by atoms with Crippen LogP contribution in [0.25, 0.3) is 0 Å². The fraction of sp³-hybridized carbons (Fsp3) is 0.364. The highest BCUT2D eigenvalue weighted by Gasteiger charge is 2.23. The van der Waals surface area contributed by atoms with E-state index in [0.717, 1.165) is 48.7 Å². The number of ether oxygens (including phenoxy) is 1. The van der Waals surface area contributed by atoms with Crippen molar-refractivity contribution in [3.8, 4) is 5.75 Å². The zero-order valence-electron chi connectivity index (χ0n) is 17.2. The Bertz CT molecular complexity index is 859. The van der Waals surface area contributed by atoms with Crippen molar-refractivity contribution >= 4 is 23.3 Å². The van der Waals surface area contributed by atoms with Gasteiger partial charge in [0.15, 0.2) is 6.54 Å². The lowest BCUT2D eigenvalue weighted by Crippen LogP contribution is -3.16. The van der Waals surface area contributed by atoms with Crippen LogP contribution in [-0.2, 0) is 4.79 Å². The van der Waals surface area contributed by atoms with E-state index in [1.54, 1.807) is 7.11 Å². The number of aryl methyl sites for hydroxylation is 2. The van der Waals surface area contributed by atoms with Crippen LogP contribution < -0.4 is 25.2 Å². The van der Waals surface area contributed by atoms with Gasteiger partial charge in [0, 0.05) is 11.4 Å². The molecule has 0 bridgehead atoms. The molecule has 0 atom stereocenters. The molecule has 2 aromatic carbocycles. The molecule has 7 heteroatoms. The molecular weight excluding hydrogens is 368 g/mol. The SMILES string of the molecule is COc1ccc(N2CC[NH+](CC(=O)NC(=O)Nc3ccc(C)c(C)c3)CC2)cc1. The molecule has 7 nitrogen and oxygen atoms in total. The molecule has 0 saturated carbocycles. The number of quaternary nitrogens is 1. The molecule has 29 heavy (non-hydrogen) atoms. The third kappa shape index (κ3) is 5.71. The van der Waals surface area contributed by atoms with Gasteiger partial charge in [-0.2, -0.15) is 0 Å². The summed E-state index contributed by atoms with van der Waals surface area (Å²) in [5, 5.41) is 5.15. The maximum absolute atomic E-state index is 12.2. The minimum atomic E-state index is -0.491. The Balaban J connectivity index is 1.43. The van der Waals surface area contributed by atoms with Crippen molar-refractivity contribution in [3.63, 3.8) is 0 Å². The zero-order valence-corrected chi connectivity index (χ0v) is 17.2. The average molecular weight is 397 g/mol. The van der Waals surface area contributed by atoms with Crippen molar-refractivity contribution in [1.29, 1.82) is 0 Å². The Hall–Kier alpha value is -3.06. The number of carbonyl (C=O) groups excluding carboxylic acids is 2. The van der Waals surface area contributed by atoms with Crippen LogP contribution in [0.5, 0.6) is 5.75 Å². The smallest absolute Gasteiger partial charge is 0.326 e. The Morgan fingerprint density at radius 3 is 2.34 bits per heavy atom. The van der Waals surface area contributed by atoms with E-state index in [9.17, 15) is 9.59 Å². The molecular formula is C22H29N4O3+. The Morgan fingerprint density at radius 1 is 1.03 bits per heavy atom. The van der Waals surface area contributed by atoms with Crippen LogP contribution in [0.15, 0.2) is 42.5 Å². The molecule has 1 heterocycles. The molecule has 0 spiro atoms. The number of hydrogen-bond acceptors (Lipinski definition) is 4. The summed E-state index contributed by atoms with van der Waals surface area (Å²) in [5.41, 5.74) is 4.08. The van der Waals surface area contributed by atoms with Crippen LogP contribution in [0, 0.1) is 13.8 Å². The van der Waals surface area contributed by atoms with E-state index in [1.807, 2.05) is 56.3 Å². The van der Waals surface area contributed by atoms with Gasteiger partial charge >= 0.3 is 6.03 Å². The lowest BCUT2D eigenvalue weighted by molar-refractivity contribution is -0.892. The number of amides is 3. The summed E-state index contributed by atoms with van der Waals surface area (Å²) >= 11 is 0. The van der Waals surface area contributed by atoms with Crippen LogP contribution in [-0.4, -0.2) is 51.8 Å². The molecule has 0 aliphatic carbocycles. The number of benzene rings is 2. The lowest BCUT2D eigenvalue weighted by Gasteiger charge is -2.33. The molecule has 0 radical (unpaired) electrons. The summed E-state index contributed by atoms with van der Waals surface area (Å²) in [7, 11) is 1.66. The fourth-order valence-corrected chi connectivity index (χ4v) is 3.43. The number of rotatable bonds is 5. The molecule has 1 aliphatic heterocycles. The number of carbonyl (C=O) groups is 2. The van der Waals surface area contributed by atoms with Gasteiger partial charge in [0.25, 0.3) is 5.91 Å². The number of nitrogens with one attached hydrogen (secondary N) is 3. The fourth-order valence-electron chi connectivity index (χ4n) is 3.43. The molecule has 0 aromatic heterocycles. The van der Waals surface area contributed by atoms with Gasteiger partial charge in [-0.3, -0.25) is 10.1 Å². The van der Waals surface area contributed by atoms with E-state index in [4.69, 9.17) is 4.74 Å². The van der Waals surface area contributed by atoms with E-state index in [0.29, 0.717) is 5.69 Å². The van der Waals surface area contributed by atoms with Crippen LogP contribution in [0.3, 0.4) is 0 Å². The quantitative estimate of drug-likeness (QED) is 0.712. The maximum Gasteiger partial charge on any atom is 0.326 e. The Kier molecular flexibility index (Phi) is 6.72. The summed E-state index contributed by atoms with van der Waals surface area (Å²) < 4.78 is 5.20. The number of methoxy groups -OCH3 is 1. The standard InChI is InChI=1S/C22H28N4O3/c1-16-4-5-18(14-17(16)2)23-22(28)24-21(27)15-25-10-12-26(13-11-25)19-6-8-20(29-3)9-7-19/h4-9,14H,10-13,15H2,1-3H3,(H2,23,24,27,28)/p+1. The highest BCUT2D eigenvalue weighted by atomic mass is 16.5. The first-order chi connectivity index (χ1) is 13.9. The Morgan fingerprint density at radius 2 is 1.72 bits per heavy atom. The number of piperazine rings is 1. The van der Waals surface area contributed by atoms with Gasteiger partial charge in [-0.15, -0.1) is 0 Å². The molecule has 154 valence electrons. The van der Waals surface area contributed by atoms with E-state index in [2.05, 4.69) is 15.5 Å². The van der Waals surface area contributed by atoms with Crippen molar-refractivity contribution in [1.82, 2.24) is 5.32 Å². The van der Waals surface area contributed by atoms with Crippen LogP contribution in [0.1, 0.15) is 11.1 Å². The number of hydrogen-bond donors (Lipinski definition) is 3. The predicted molar refractivity (Wildman–Crippen MR) is 114 cm³/mol. The van der Waals surface area contributed by atoms with Crippen molar-refractivity contribution in [3.05, 3.63) is 53.6 Å². The summed E-state index contributed by atoms with van der Waals surface area (Å²) in [6.45, 7) is 7.71. The second kappa shape index (κ2) is 9.43. The average Bonchev–Trinajstić information content (AvgIpc) is 2.71. The van der Waals surface area contributed by atoms with Gasteiger partial charge in [-0.05, 0) is 61.4 Å². The number of anilines is 2. The monoisotopic (exact) mass is 397 g/mol. The number of urea groups is 1. The van der Waals surface area contributed by atoms with Gasteiger partial charge in [-0.1, -0.05) is 6.07 Å². The molecule has 3 amide bonds. The predicted octanol–water partition coefficient (Wildman–Crippen LogP) is 1.37. The van der Waals surface area contributed by atoms with Gasteiger partial charge in [0.2, 0.25) is 0 Å². The minimum Gasteiger partial charge on any atom is -0.497 e. The maximum atomic E-state index is 12.2. The van der Waals surface area contributed by atoms with Crippen LogP contribution in [0.2, 0.25) is 0 Å². The molecule has 1 aliphatic rings. The van der Waals surface area contributed by atoms with Gasteiger partial charge in [0.05, 0.1) is 33.3 Å². The summed E-state index contributed by atoms with van der Waals surface area (Å²) in [4.78, 5) is 27.8. The topological polar surface area (TPSA) is 75.1 Å². The molecule has 3 N–H and O–H groups in total. The van der Waals surface area contributed by atoms with Crippen LogP contribution >= 0.6 is 0 Å². The van der Waals surface area contributed by atoms with Gasteiger partial charge < -0.3 is 19.9 Å². The zero-order chi connectivity index (χ0) is 20.8. The highest BCUT2D eigenvalue weighted by molar-refractivity contribution is 6.01. The summed E-state index contributed by atoms with van der Waals surface area (Å²) in [5.74, 6) is 0.577. The van der Waals surface area contributed by atoms with E-state index in [1.165, 1.54) is 4.90 Å². The molecule has 1 saturated heterocycles. The minimum absolute atomic E-state index is 0.265. The second-order valence-electron chi connectivity index (χ2n) is 7.41. The lowest BCUT2D eigenvalue weighted by atomic mass is 10.1. The molecule has 1 fully saturated rings. The Labute approximate surface area is 171 Å². The molecule has 2 aromatic rings. The van der Waals surface area contributed by atoms with Crippen molar-refractivity contribution in [2.75, 3.05) is 50.1 Å². The van der Waals surface area contributed by atoms with Crippen molar-refractivity contribution < 1.29 is 19.2 Å². The normalized spacial score (nSPS) is 14.4. The third-order valence-electron chi connectivity index (χ3n) is 5.34. The largest absolute Gasteiger partial charge is 0.497 e. The van der Waals surface area contributed by atoms with E-state index < -0.39 is 6.03 Å². The second-order valence-corrected chi connectivity index (χ2v) is 7.41. The summed E-state index contributed by atoms with van der Waals surface area (Å²) in [6.07, 6.45) is 0.